The van der Waals surface area contributed by atoms with Crippen molar-refractivity contribution in [3.8, 4) is 0 Å². The SMILES string of the molecule is CNc1ccc(Cl)c(C(F)(F)F)c1C. The summed E-state index contributed by atoms with van der Waals surface area (Å²) in [5.41, 5.74) is -0.222. The molecule has 0 radical (unpaired) electrons. The molecule has 0 amide bonds. The van der Waals surface area contributed by atoms with Crippen LogP contribution in [0.2, 0.25) is 5.02 Å². The minimum Gasteiger partial charge on any atom is -0.388 e. The third-order valence-corrected chi connectivity index (χ3v) is 2.28. The van der Waals surface area contributed by atoms with E-state index in [0.29, 0.717) is 5.69 Å². The molecule has 0 spiro atoms. The second-order valence-corrected chi connectivity index (χ2v) is 3.25. The van der Waals surface area contributed by atoms with Crippen LogP contribution in [0.5, 0.6) is 0 Å². The highest BCUT2D eigenvalue weighted by atomic mass is 35.5. The Morgan fingerprint density at radius 2 is 1.86 bits per heavy atom. The molecule has 5 heteroatoms. The number of benzene rings is 1. The summed E-state index contributed by atoms with van der Waals surface area (Å²) < 4.78 is 37.5. The van der Waals surface area contributed by atoms with Crippen molar-refractivity contribution in [2.45, 2.75) is 13.1 Å². The fourth-order valence-corrected chi connectivity index (χ4v) is 1.61. The molecule has 0 atom stereocenters. The fourth-order valence-electron chi connectivity index (χ4n) is 1.30. The number of hydrogen-bond donors (Lipinski definition) is 1. The van der Waals surface area contributed by atoms with Crippen LogP contribution < -0.4 is 5.32 Å². The maximum Gasteiger partial charge on any atom is 0.418 e. The zero-order chi connectivity index (χ0) is 10.9. The molecule has 1 aromatic carbocycles. The topological polar surface area (TPSA) is 12.0 Å². The lowest BCUT2D eigenvalue weighted by Crippen LogP contribution is -2.10. The van der Waals surface area contributed by atoms with Gasteiger partial charge >= 0.3 is 6.18 Å². The van der Waals surface area contributed by atoms with Crippen LogP contribution in [0.4, 0.5) is 18.9 Å². The van der Waals surface area contributed by atoms with Gasteiger partial charge in [0.1, 0.15) is 0 Å². The molecule has 78 valence electrons. The molecule has 0 aliphatic rings. The van der Waals surface area contributed by atoms with Gasteiger partial charge in [-0.05, 0) is 24.6 Å². The van der Waals surface area contributed by atoms with Crippen LogP contribution in [0.15, 0.2) is 12.1 Å². The largest absolute Gasteiger partial charge is 0.418 e. The first-order valence-corrected chi connectivity index (χ1v) is 4.29. The monoisotopic (exact) mass is 223 g/mol. The number of rotatable bonds is 1. The van der Waals surface area contributed by atoms with Crippen LogP contribution in [0.1, 0.15) is 11.1 Å². The molecule has 0 heterocycles. The second-order valence-electron chi connectivity index (χ2n) is 2.84. The molecular weight excluding hydrogens is 215 g/mol. The predicted octanol–water partition coefficient (Wildman–Crippen LogP) is 3.71. The zero-order valence-electron chi connectivity index (χ0n) is 7.67. The number of hydrogen-bond acceptors (Lipinski definition) is 1. The van der Waals surface area contributed by atoms with Gasteiger partial charge in [-0.3, -0.25) is 0 Å². The molecule has 1 rings (SSSR count). The Balaban J connectivity index is 3.40. The summed E-state index contributed by atoms with van der Waals surface area (Å²) in [7, 11) is 1.57. The summed E-state index contributed by atoms with van der Waals surface area (Å²) in [6.45, 7) is 1.39. The van der Waals surface area contributed by atoms with E-state index < -0.39 is 11.7 Å². The van der Waals surface area contributed by atoms with Crippen molar-refractivity contribution in [1.29, 1.82) is 0 Å². The fraction of sp³-hybridized carbons (Fsp3) is 0.333. The van der Waals surface area contributed by atoms with E-state index >= 15 is 0 Å². The molecule has 0 bridgehead atoms. The third-order valence-electron chi connectivity index (χ3n) is 1.97. The first kappa shape index (κ1) is 11.2. The molecule has 0 aliphatic heterocycles. The molecule has 1 aromatic rings. The molecular formula is C9H9ClF3N. The van der Waals surface area contributed by atoms with Gasteiger partial charge in [0.05, 0.1) is 10.6 Å². The Morgan fingerprint density at radius 1 is 1.29 bits per heavy atom. The Kier molecular flexibility index (Phi) is 2.95. The molecule has 0 saturated heterocycles. The lowest BCUT2D eigenvalue weighted by Gasteiger charge is -2.15. The standard InChI is InChI=1S/C9H9ClF3N/c1-5-7(14-2)4-3-6(10)8(5)9(11,12)13/h3-4,14H,1-2H3. The van der Waals surface area contributed by atoms with Gasteiger partial charge in [-0.15, -0.1) is 0 Å². The van der Waals surface area contributed by atoms with Crippen LogP contribution in [-0.2, 0) is 6.18 Å². The van der Waals surface area contributed by atoms with Crippen molar-refractivity contribution in [1.82, 2.24) is 0 Å². The Morgan fingerprint density at radius 3 is 2.29 bits per heavy atom. The van der Waals surface area contributed by atoms with Crippen LogP contribution in [0.25, 0.3) is 0 Å². The number of anilines is 1. The molecule has 0 unspecified atom stereocenters. The van der Waals surface area contributed by atoms with Gasteiger partial charge in [0, 0.05) is 12.7 Å². The van der Waals surface area contributed by atoms with Gasteiger partial charge in [0.15, 0.2) is 0 Å². The van der Waals surface area contributed by atoms with E-state index in [1.165, 1.54) is 19.1 Å². The molecule has 14 heavy (non-hydrogen) atoms. The van der Waals surface area contributed by atoms with Crippen molar-refractivity contribution in [3.63, 3.8) is 0 Å². The van der Waals surface area contributed by atoms with E-state index in [1.54, 1.807) is 7.05 Å². The van der Waals surface area contributed by atoms with Gasteiger partial charge in [0.2, 0.25) is 0 Å². The highest BCUT2D eigenvalue weighted by Crippen LogP contribution is 2.39. The van der Waals surface area contributed by atoms with E-state index in [0.717, 1.165) is 0 Å². The van der Waals surface area contributed by atoms with Gasteiger partial charge in [-0.25, -0.2) is 0 Å². The summed E-state index contributed by atoms with van der Waals surface area (Å²) in [6.07, 6.45) is -4.41. The molecule has 0 fully saturated rings. The Hall–Kier alpha value is -0.900. The number of alkyl halides is 3. The van der Waals surface area contributed by atoms with E-state index in [9.17, 15) is 13.2 Å². The highest BCUT2D eigenvalue weighted by molar-refractivity contribution is 6.31. The Labute approximate surface area is 84.9 Å². The van der Waals surface area contributed by atoms with Gasteiger partial charge in [-0.2, -0.15) is 13.2 Å². The maximum absolute atomic E-state index is 12.5. The van der Waals surface area contributed by atoms with Crippen LogP contribution >= 0.6 is 11.6 Å². The average Bonchev–Trinajstić information content (AvgIpc) is 2.02. The van der Waals surface area contributed by atoms with Crippen molar-refractivity contribution in [2.24, 2.45) is 0 Å². The predicted molar refractivity (Wildman–Crippen MR) is 50.7 cm³/mol. The van der Waals surface area contributed by atoms with Crippen LogP contribution in [0, 0.1) is 6.92 Å². The van der Waals surface area contributed by atoms with E-state index in [1.807, 2.05) is 0 Å². The quantitative estimate of drug-likeness (QED) is 0.765. The molecule has 0 saturated carbocycles. The first-order valence-electron chi connectivity index (χ1n) is 3.92. The third kappa shape index (κ3) is 1.95. The summed E-state index contributed by atoms with van der Waals surface area (Å²) in [6, 6.07) is 2.76. The molecule has 0 aliphatic carbocycles. The summed E-state index contributed by atoms with van der Waals surface area (Å²) in [4.78, 5) is 0. The summed E-state index contributed by atoms with van der Waals surface area (Å²) >= 11 is 5.50. The average molecular weight is 224 g/mol. The van der Waals surface area contributed by atoms with Crippen LogP contribution in [-0.4, -0.2) is 7.05 Å². The van der Waals surface area contributed by atoms with Crippen molar-refractivity contribution < 1.29 is 13.2 Å². The minimum absolute atomic E-state index is 0.118. The molecule has 0 aromatic heterocycles. The van der Waals surface area contributed by atoms with E-state index in [2.05, 4.69) is 5.32 Å². The van der Waals surface area contributed by atoms with Gasteiger partial charge in [-0.1, -0.05) is 11.6 Å². The van der Waals surface area contributed by atoms with Gasteiger partial charge in [0.25, 0.3) is 0 Å². The minimum atomic E-state index is -4.41. The highest BCUT2D eigenvalue weighted by Gasteiger charge is 2.35. The van der Waals surface area contributed by atoms with Crippen molar-refractivity contribution >= 4 is 17.3 Å². The lowest BCUT2D eigenvalue weighted by molar-refractivity contribution is -0.137. The Bertz CT molecular complexity index is 347. The summed E-state index contributed by atoms with van der Waals surface area (Å²) in [5.74, 6) is 0. The zero-order valence-corrected chi connectivity index (χ0v) is 8.42. The van der Waals surface area contributed by atoms with Crippen molar-refractivity contribution in [3.05, 3.63) is 28.3 Å². The first-order chi connectivity index (χ1) is 6.38. The van der Waals surface area contributed by atoms with Crippen LogP contribution in [0.3, 0.4) is 0 Å². The summed E-state index contributed by atoms with van der Waals surface area (Å²) in [5, 5.41) is 2.41. The molecule has 1 N–H and O–H groups in total. The number of halogens is 4. The molecule has 1 nitrogen and oxygen atoms in total. The van der Waals surface area contributed by atoms with Crippen molar-refractivity contribution in [2.75, 3.05) is 12.4 Å². The second kappa shape index (κ2) is 3.69. The van der Waals surface area contributed by atoms with E-state index in [-0.39, 0.29) is 10.6 Å². The number of nitrogens with one attached hydrogen (secondary N) is 1. The van der Waals surface area contributed by atoms with E-state index in [4.69, 9.17) is 11.6 Å². The normalized spacial score (nSPS) is 11.6. The van der Waals surface area contributed by atoms with Gasteiger partial charge < -0.3 is 5.32 Å². The maximum atomic E-state index is 12.5. The smallest absolute Gasteiger partial charge is 0.388 e. The lowest BCUT2D eigenvalue weighted by atomic mass is 10.1.